The fraction of sp³-hybridized carbons (Fsp3) is 0.250. The monoisotopic (exact) mass is 590 g/mol. The van der Waals surface area contributed by atoms with E-state index in [2.05, 4.69) is 45.9 Å². The Morgan fingerprint density at radius 2 is 1.52 bits per heavy atom. The second kappa shape index (κ2) is 15.0. The largest absolute Gasteiger partial charge is 0.361 e. The SMILES string of the molecule is O=C(C[C@H](CCCc1ccc2ccccc2c1)C(=O)N[C@H](Cc1c[nH]c2ccccc12)C(=O)NCCc1ccccc1)NO. The molecule has 4 aromatic carbocycles. The smallest absolute Gasteiger partial charge is 0.244 e. The Hall–Kier alpha value is -4.95. The predicted octanol–water partition coefficient (Wildman–Crippen LogP) is 5.24. The van der Waals surface area contributed by atoms with Gasteiger partial charge in [-0.25, -0.2) is 5.48 Å². The van der Waals surface area contributed by atoms with Crippen molar-refractivity contribution >= 4 is 39.4 Å². The van der Waals surface area contributed by atoms with Crippen molar-refractivity contribution in [2.45, 2.75) is 44.6 Å². The number of H-pyrrole nitrogens is 1. The minimum Gasteiger partial charge on any atom is -0.361 e. The Bertz CT molecular complexity index is 1720. The number of fused-ring (bicyclic) bond motifs is 2. The van der Waals surface area contributed by atoms with E-state index >= 15 is 0 Å². The Morgan fingerprint density at radius 1 is 0.773 bits per heavy atom. The molecule has 3 amide bonds. The molecule has 0 unspecified atom stereocenters. The Kier molecular flexibility index (Phi) is 10.4. The summed E-state index contributed by atoms with van der Waals surface area (Å²) in [6.45, 7) is 0.422. The number of carbonyl (C=O) groups excluding carboxylic acids is 3. The first kappa shape index (κ1) is 30.5. The molecule has 0 aliphatic rings. The molecule has 0 saturated heterocycles. The maximum atomic E-state index is 13.7. The molecule has 5 rings (SSSR count). The van der Waals surface area contributed by atoms with Gasteiger partial charge in [0.1, 0.15) is 6.04 Å². The molecule has 0 radical (unpaired) electrons. The average Bonchev–Trinajstić information content (AvgIpc) is 3.46. The van der Waals surface area contributed by atoms with Crippen molar-refractivity contribution in [3.05, 3.63) is 120 Å². The van der Waals surface area contributed by atoms with E-state index in [9.17, 15) is 19.6 Å². The summed E-state index contributed by atoms with van der Waals surface area (Å²) in [6.07, 6.45) is 4.43. The lowest BCUT2D eigenvalue weighted by atomic mass is 9.94. The van der Waals surface area contributed by atoms with Crippen molar-refractivity contribution in [2.75, 3.05) is 6.54 Å². The van der Waals surface area contributed by atoms with Crippen molar-refractivity contribution in [3.8, 4) is 0 Å². The van der Waals surface area contributed by atoms with Gasteiger partial charge in [-0.3, -0.25) is 19.6 Å². The second-order valence-corrected chi connectivity index (χ2v) is 11.2. The standard InChI is InChI=1S/C36H38N4O4/c41-34(40-44)23-29(14-8-11-26-17-18-27-12-4-5-13-28(27)21-26)35(42)39-33(22-30-24-38-32-16-7-6-15-31(30)32)36(43)37-20-19-25-9-2-1-3-10-25/h1-7,9-10,12-13,15-18,21,24,29,33,38,44H,8,11,14,19-20,22-23H2,(H,37,43)(H,39,42)(H,40,41)/t29-,33+/m0/s1. The molecule has 0 bridgehead atoms. The predicted molar refractivity (Wildman–Crippen MR) is 172 cm³/mol. The summed E-state index contributed by atoms with van der Waals surface area (Å²) in [4.78, 5) is 42.6. The van der Waals surface area contributed by atoms with Gasteiger partial charge in [-0.1, -0.05) is 91.0 Å². The third kappa shape index (κ3) is 8.11. The highest BCUT2D eigenvalue weighted by Crippen LogP contribution is 2.22. The maximum Gasteiger partial charge on any atom is 0.244 e. The van der Waals surface area contributed by atoms with Gasteiger partial charge in [-0.05, 0) is 59.2 Å². The van der Waals surface area contributed by atoms with Crippen LogP contribution in [0.5, 0.6) is 0 Å². The minimum absolute atomic E-state index is 0.185. The third-order valence-corrected chi connectivity index (χ3v) is 8.05. The van der Waals surface area contributed by atoms with Crippen LogP contribution in [0.15, 0.2) is 103 Å². The van der Waals surface area contributed by atoms with Crippen molar-refractivity contribution < 1.29 is 19.6 Å². The summed E-state index contributed by atoms with van der Waals surface area (Å²) < 4.78 is 0. The van der Waals surface area contributed by atoms with E-state index in [1.165, 1.54) is 0 Å². The topological polar surface area (TPSA) is 123 Å². The Balaban J connectivity index is 1.28. The number of benzene rings is 4. The number of amides is 3. The van der Waals surface area contributed by atoms with Gasteiger partial charge in [-0.2, -0.15) is 0 Å². The van der Waals surface area contributed by atoms with Crippen LogP contribution in [0.3, 0.4) is 0 Å². The lowest BCUT2D eigenvalue weighted by Crippen LogP contribution is -2.50. The number of rotatable bonds is 14. The van der Waals surface area contributed by atoms with Gasteiger partial charge in [0.15, 0.2) is 0 Å². The summed E-state index contributed by atoms with van der Waals surface area (Å²) in [5.41, 5.74) is 5.75. The van der Waals surface area contributed by atoms with E-state index < -0.39 is 23.8 Å². The van der Waals surface area contributed by atoms with Gasteiger partial charge in [0, 0.05) is 42.4 Å². The van der Waals surface area contributed by atoms with Crippen LogP contribution in [0.4, 0.5) is 0 Å². The van der Waals surface area contributed by atoms with Crippen LogP contribution in [-0.2, 0) is 33.6 Å². The quantitative estimate of drug-likeness (QED) is 0.0896. The first-order chi connectivity index (χ1) is 21.5. The molecule has 0 spiro atoms. The molecule has 8 nitrogen and oxygen atoms in total. The summed E-state index contributed by atoms with van der Waals surface area (Å²) in [5, 5.41) is 18.4. The van der Waals surface area contributed by atoms with Crippen molar-refractivity contribution in [1.82, 2.24) is 21.1 Å². The fourth-order valence-corrected chi connectivity index (χ4v) is 5.66. The number of hydrogen-bond donors (Lipinski definition) is 5. The highest BCUT2D eigenvalue weighted by Gasteiger charge is 2.28. The molecule has 226 valence electrons. The molecule has 0 aliphatic heterocycles. The number of hydrogen-bond acceptors (Lipinski definition) is 4. The molecule has 1 heterocycles. The van der Waals surface area contributed by atoms with Crippen LogP contribution in [0.2, 0.25) is 0 Å². The number of para-hydroxylation sites is 1. The van der Waals surface area contributed by atoms with Crippen molar-refractivity contribution in [1.29, 1.82) is 0 Å². The normalized spacial score (nSPS) is 12.5. The molecule has 2 atom stereocenters. The summed E-state index contributed by atoms with van der Waals surface area (Å²) >= 11 is 0. The average molecular weight is 591 g/mol. The van der Waals surface area contributed by atoms with Gasteiger partial charge < -0.3 is 15.6 Å². The third-order valence-electron chi connectivity index (χ3n) is 8.05. The number of aryl methyl sites for hydroxylation is 1. The molecular formula is C36H38N4O4. The number of aromatic nitrogens is 1. The van der Waals surface area contributed by atoms with Crippen LogP contribution in [0.1, 0.15) is 36.0 Å². The second-order valence-electron chi connectivity index (χ2n) is 11.2. The molecular weight excluding hydrogens is 552 g/mol. The van der Waals surface area contributed by atoms with Gasteiger partial charge in [0.2, 0.25) is 17.7 Å². The zero-order valence-corrected chi connectivity index (χ0v) is 24.6. The van der Waals surface area contributed by atoms with Crippen molar-refractivity contribution in [3.63, 3.8) is 0 Å². The fourth-order valence-electron chi connectivity index (χ4n) is 5.66. The molecule has 44 heavy (non-hydrogen) atoms. The van der Waals surface area contributed by atoms with E-state index in [0.29, 0.717) is 25.8 Å². The summed E-state index contributed by atoms with van der Waals surface area (Å²) in [7, 11) is 0. The van der Waals surface area contributed by atoms with E-state index in [1.54, 1.807) is 5.48 Å². The van der Waals surface area contributed by atoms with Crippen LogP contribution in [-0.4, -0.2) is 40.5 Å². The highest BCUT2D eigenvalue weighted by atomic mass is 16.5. The minimum atomic E-state index is -0.849. The van der Waals surface area contributed by atoms with Crippen LogP contribution < -0.4 is 16.1 Å². The van der Waals surface area contributed by atoms with Gasteiger partial charge in [-0.15, -0.1) is 0 Å². The molecule has 0 fully saturated rings. The summed E-state index contributed by atoms with van der Waals surface area (Å²) in [5.74, 6) is -2.04. The lowest BCUT2D eigenvalue weighted by molar-refractivity contribution is -0.136. The van der Waals surface area contributed by atoms with Gasteiger partial charge in [0.05, 0.1) is 0 Å². The van der Waals surface area contributed by atoms with E-state index in [1.807, 2.05) is 72.9 Å². The van der Waals surface area contributed by atoms with E-state index in [-0.39, 0.29) is 18.7 Å². The maximum absolute atomic E-state index is 13.7. The Labute approximate surface area is 256 Å². The number of hydroxylamine groups is 1. The molecule has 5 aromatic rings. The van der Waals surface area contributed by atoms with Crippen molar-refractivity contribution in [2.24, 2.45) is 5.92 Å². The van der Waals surface area contributed by atoms with Crippen LogP contribution >= 0.6 is 0 Å². The number of nitrogens with one attached hydrogen (secondary N) is 4. The lowest BCUT2D eigenvalue weighted by Gasteiger charge is -2.22. The first-order valence-electron chi connectivity index (χ1n) is 15.1. The highest BCUT2D eigenvalue weighted by molar-refractivity contribution is 5.91. The van der Waals surface area contributed by atoms with Gasteiger partial charge in [0.25, 0.3) is 0 Å². The zero-order valence-electron chi connectivity index (χ0n) is 24.6. The molecule has 1 aromatic heterocycles. The molecule has 8 heteroatoms. The number of aromatic amines is 1. The van der Waals surface area contributed by atoms with E-state index in [0.717, 1.165) is 44.8 Å². The van der Waals surface area contributed by atoms with Gasteiger partial charge >= 0.3 is 0 Å². The molecule has 5 N–H and O–H groups in total. The zero-order chi connectivity index (χ0) is 30.7. The van der Waals surface area contributed by atoms with Crippen LogP contribution in [0, 0.1) is 5.92 Å². The number of carbonyl (C=O) groups is 3. The Morgan fingerprint density at radius 3 is 2.34 bits per heavy atom. The summed E-state index contributed by atoms with van der Waals surface area (Å²) in [6, 6.07) is 31.3. The first-order valence-corrected chi connectivity index (χ1v) is 15.1. The van der Waals surface area contributed by atoms with Crippen LogP contribution in [0.25, 0.3) is 21.7 Å². The van der Waals surface area contributed by atoms with E-state index in [4.69, 9.17) is 0 Å². The molecule has 0 saturated carbocycles. The molecule has 0 aliphatic carbocycles.